The highest BCUT2D eigenvalue weighted by Crippen LogP contribution is 2.31. The maximum atomic E-state index is 12.9. The second-order valence-corrected chi connectivity index (χ2v) is 4.61. The van der Waals surface area contributed by atoms with E-state index < -0.39 is 5.60 Å². The van der Waals surface area contributed by atoms with Gasteiger partial charge in [-0.25, -0.2) is 4.39 Å². The topological polar surface area (TPSA) is 33.9 Å². The Hall–Kier alpha value is -0.970. The van der Waals surface area contributed by atoms with Gasteiger partial charge in [-0.1, -0.05) is 12.1 Å². The molecule has 17 heavy (non-hydrogen) atoms. The van der Waals surface area contributed by atoms with Crippen LogP contribution in [0.5, 0.6) is 0 Å². The van der Waals surface area contributed by atoms with Crippen molar-refractivity contribution in [3.8, 4) is 0 Å². The second-order valence-electron chi connectivity index (χ2n) is 4.61. The van der Waals surface area contributed by atoms with E-state index >= 15 is 0 Å². The van der Waals surface area contributed by atoms with Crippen LogP contribution in [0.2, 0.25) is 0 Å². The maximum Gasteiger partial charge on any atom is 0.137 e. The zero-order chi connectivity index (χ0) is 12.5. The summed E-state index contributed by atoms with van der Waals surface area (Å²) >= 11 is 0. The summed E-state index contributed by atoms with van der Waals surface area (Å²) < 4.78 is 18.2. The number of methoxy groups -OCH3 is 1. The minimum atomic E-state index is -1.04. The van der Waals surface area contributed by atoms with Crippen LogP contribution in [0, 0.1) is 12.9 Å². The lowest BCUT2D eigenvalue weighted by Crippen LogP contribution is -3.10. The molecule has 0 spiro atoms. The first-order valence-corrected chi connectivity index (χ1v) is 5.74. The molecule has 1 aliphatic rings. The quantitative estimate of drug-likeness (QED) is 0.718. The fourth-order valence-corrected chi connectivity index (χ4v) is 2.41. The monoisotopic (exact) mass is 239 g/mol. The van der Waals surface area contributed by atoms with Crippen molar-refractivity contribution in [3.63, 3.8) is 0 Å². The summed E-state index contributed by atoms with van der Waals surface area (Å²) in [5.41, 5.74) is -0.331. The van der Waals surface area contributed by atoms with Gasteiger partial charge in [0.1, 0.15) is 17.5 Å². The number of halogens is 1. The lowest BCUT2D eigenvalue weighted by atomic mass is 9.82. The van der Waals surface area contributed by atoms with Gasteiger partial charge < -0.3 is 14.7 Å². The molecule has 4 heteroatoms. The van der Waals surface area contributed by atoms with Gasteiger partial charge in [-0.2, -0.15) is 7.05 Å². The van der Waals surface area contributed by atoms with Crippen molar-refractivity contribution in [2.45, 2.75) is 18.1 Å². The van der Waals surface area contributed by atoms with Crippen LogP contribution < -0.4 is 4.90 Å². The van der Waals surface area contributed by atoms with Crippen LogP contribution in [-0.2, 0) is 10.3 Å². The van der Waals surface area contributed by atoms with Crippen LogP contribution in [0.4, 0.5) is 4.39 Å². The van der Waals surface area contributed by atoms with Gasteiger partial charge in [0.05, 0.1) is 13.1 Å². The summed E-state index contributed by atoms with van der Waals surface area (Å²) in [5, 5.41) is 10.7. The Morgan fingerprint density at radius 2 is 2.12 bits per heavy atom. The Balaban J connectivity index is 2.30. The molecule has 0 aliphatic carbocycles. The molecular formula is C13H18FNO2. The average Bonchev–Trinajstić information content (AvgIpc) is 2.33. The van der Waals surface area contributed by atoms with Gasteiger partial charge in [-0.15, -0.1) is 0 Å². The van der Waals surface area contributed by atoms with Crippen LogP contribution >= 0.6 is 0 Å². The van der Waals surface area contributed by atoms with Gasteiger partial charge >= 0.3 is 0 Å². The Morgan fingerprint density at radius 1 is 1.47 bits per heavy atom. The van der Waals surface area contributed by atoms with Gasteiger partial charge in [0.15, 0.2) is 0 Å². The number of likely N-dealkylation sites (tertiary alicyclic amines) is 1. The number of rotatable bonds is 2. The summed E-state index contributed by atoms with van der Waals surface area (Å²) in [6.45, 7) is 1.41. The molecule has 0 aromatic heterocycles. The van der Waals surface area contributed by atoms with E-state index in [1.54, 1.807) is 19.2 Å². The molecule has 0 radical (unpaired) electrons. The highest BCUT2D eigenvalue weighted by Gasteiger charge is 2.43. The normalized spacial score (nSPS) is 33.6. The smallest absolute Gasteiger partial charge is 0.137 e. The van der Waals surface area contributed by atoms with Crippen molar-refractivity contribution >= 4 is 0 Å². The summed E-state index contributed by atoms with van der Waals surface area (Å²) in [4.78, 5) is 1.09. The molecule has 1 heterocycles. The minimum absolute atomic E-state index is 0.300. The largest absolute Gasteiger partial charge is 0.465 e. The summed E-state index contributed by atoms with van der Waals surface area (Å²) in [7, 11) is 5.52. The maximum absolute atomic E-state index is 12.9. The molecule has 1 aliphatic heterocycles. The first-order valence-electron chi connectivity index (χ1n) is 5.74. The van der Waals surface area contributed by atoms with Crippen LogP contribution in [0.3, 0.4) is 0 Å². The Morgan fingerprint density at radius 3 is 2.71 bits per heavy atom. The molecule has 0 amide bonds. The first-order chi connectivity index (χ1) is 8.06. The molecule has 1 unspecified atom stereocenters. The number of hydrogen-bond acceptors (Lipinski definition) is 2. The molecule has 3 atom stereocenters. The molecule has 2 rings (SSSR count). The van der Waals surface area contributed by atoms with Crippen molar-refractivity contribution in [2.24, 2.45) is 0 Å². The number of quaternary nitrogens is 1. The molecule has 1 saturated heterocycles. The van der Waals surface area contributed by atoms with Crippen molar-refractivity contribution < 1.29 is 19.1 Å². The third-order valence-corrected chi connectivity index (χ3v) is 3.50. The van der Waals surface area contributed by atoms with E-state index in [1.165, 1.54) is 12.1 Å². The Bertz CT molecular complexity index is 382. The predicted molar refractivity (Wildman–Crippen MR) is 61.8 cm³/mol. The molecule has 1 aromatic carbocycles. The van der Waals surface area contributed by atoms with E-state index in [9.17, 15) is 9.50 Å². The van der Waals surface area contributed by atoms with Gasteiger partial charge in [0.2, 0.25) is 0 Å². The summed E-state index contributed by atoms with van der Waals surface area (Å²) in [5.74, 6) is -0.300. The standard InChI is InChI=1S/C13H18FNO2/c1-15-8-7-13(16,12(9-15)17-2)10-3-5-11(14)6-4-10/h3-6,12,15-16H,1,7-9H2,2H3/t12-,13-/m0/s1. The number of nitrogens with one attached hydrogen (secondary N) is 1. The van der Waals surface area contributed by atoms with E-state index in [1.807, 2.05) is 0 Å². The highest BCUT2D eigenvalue weighted by atomic mass is 19.1. The van der Waals surface area contributed by atoms with Gasteiger partial charge in [0, 0.05) is 13.5 Å². The molecular weight excluding hydrogens is 221 g/mol. The zero-order valence-corrected chi connectivity index (χ0v) is 9.95. The molecule has 1 aromatic rings. The highest BCUT2D eigenvalue weighted by molar-refractivity contribution is 5.25. The Kier molecular flexibility index (Phi) is 3.47. The van der Waals surface area contributed by atoms with E-state index in [0.717, 1.165) is 11.4 Å². The lowest BCUT2D eigenvalue weighted by Gasteiger charge is -2.43. The van der Waals surface area contributed by atoms with Crippen LogP contribution in [0.25, 0.3) is 0 Å². The molecule has 0 bridgehead atoms. The first kappa shape index (κ1) is 12.5. The number of piperidine rings is 1. The van der Waals surface area contributed by atoms with E-state index in [2.05, 4.69) is 7.05 Å². The molecule has 2 N–H and O–H groups in total. The molecule has 0 saturated carbocycles. The second kappa shape index (κ2) is 4.72. The SMILES string of the molecule is [CH2-][NH+]1CC[C@](O)(c2ccc(F)cc2)[C@@H](OC)C1. The van der Waals surface area contributed by atoms with E-state index in [0.29, 0.717) is 18.5 Å². The molecule has 94 valence electrons. The van der Waals surface area contributed by atoms with Gasteiger partial charge in [0.25, 0.3) is 0 Å². The fraction of sp³-hybridized carbons (Fsp3) is 0.462. The number of benzene rings is 1. The molecule has 3 nitrogen and oxygen atoms in total. The summed E-state index contributed by atoms with van der Waals surface area (Å²) in [6, 6.07) is 5.97. The average molecular weight is 239 g/mol. The zero-order valence-electron chi connectivity index (χ0n) is 9.95. The third kappa shape index (κ3) is 2.34. The van der Waals surface area contributed by atoms with Crippen LogP contribution in [-0.4, -0.2) is 31.4 Å². The summed E-state index contributed by atoms with van der Waals surface area (Å²) in [6.07, 6.45) is 0.255. The van der Waals surface area contributed by atoms with E-state index in [-0.39, 0.29) is 11.9 Å². The van der Waals surface area contributed by atoms with Crippen molar-refractivity contribution in [1.82, 2.24) is 0 Å². The van der Waals surface area contributed by atoms with Crippen LogP contribution in [0.15, 0.2) is 24.3 Å². The van der Waals surface area contributed by atoms with Crippen molar-refractivity contribution in [1.29, 1.82) is 0 Å². The number of ether oxygens (including phenoxy) is 1. The minimum Gasteiger partial charge on any atom is -0.465 e. The Labute approximate surface area is 101 Å². The third-order valence-electron chi connectivity index (χ3n) is 3.50. The van der Waals surface area contributed by atoms with E-state index in [4.69, 9.17) is 4.74 Å². The predicted octanol–water partition coefficient (Wildman–Crippen LogP) is 0.108. The van der Waals surface area contributed by atoms with Crippen molar-refractivity contribution in [2.75, 3.05) is 20.2 Å². The van der Waals surface area contributed by atoms with Crippen molar-refractivity contribution in [3.05, 3.63) is 42.7 Å². The fourth-order valence-electron chi connectivity index (χ4n) is 2.41. The molecule has 1 fully saturated rings. The van der Waals surface area contributed by atoms with Gasteiger partial charge in [-0.05, 0) is 17.7 Å². The number of hydrogen-bond donors (Lipinski definition) is 2. The lowest BCUT2D eigenvalue weighted by molar-refractivity contribution is -0.867. The van der Waals surface area contributed by atoms with Gasteiger partial charge in [-0.3, -0.25) is 0 Å². The van der Waals surface area contributed by atoms with Crippen LogP contribution in [0.1, 0.15) is 12.0 Å². The number of aliphatic hydroxyl groups is 1.